The number of aromatic nitrogens is 1. The maximum atomic E-state index is 12.6. The topological polar surface area (TPSA) is 88.3 Å². The Morgan fingerprint density at radius 2 is 1.96 bits per heavy atom. The summed E-state index contributed by atoms with van der Waals surface area (Å²) in [6.45, 7) is 1.04. The van der Waals surface area contributed by atoms with Crippen LogP contribution in [0.25, 0.3) is 0 Å². The van der Waals surface area contributed by atoms with Crippen molar-refractivity contribution in [2.45, 2.75) is 12.8 Å². The molecule has 7 heteroatoms. The molecule has 1 atom stereocenters. The number of nitrogens with two attached hydrogens (primary N) is 1. The quantitative estimate of drug-likeness (QED) is 0.826. The molecule has 1 aliphatic rings. The lowest BCUT2D eigenvalue weighted by Gasteiger charge is -2.32. The molecule has 1 unspecified atom stereocenters. The van der Waals surface area contributed by atoms with Gasteiger partial charge in [0, 0.05) is 30.5 Å². The third kappa shape index (κ3) is 4.28. The van der Waals surface area contributed by atoms with E-state index in [0.717, 1.165) is 12.8 Å². The molecule has 0 saturated carbocycles. The van der Waals surface area contributed by atoms with Gasteiger partial charge in [-0.05, 0) is 49.2 Å². The number of benzene rings is 1. The number of halogens is 1. The van der Waals surface area contributed by atoms with Crippen LogP contribution < -0.4 is 11.1 Å². The van der Waals surface area contributed by atoms with Gasteiger partial charge in [-0.15, -0.1) is 0 Å². The SMILES string of the molecule is Nc1ccc(C(=O)N2CCCC(C(=O)Nc3ccc(Cl)cn3)C2)cc1. The molecule has 1 aromatic heterocycles. The first-order chi connectivity index (χ1) is 12.0. The molecule has 6 nitrogen and oxygen atoms in total. The van der Waals surface area contributed by atoms with E-state index in [9.17, 15) is 9.59 Å². The largest absolute Gasteiger partial charge is 0.399 e. The second-order valence-electron chi connectivity index (χ2n) is 6.06. The van der Waals surface area contributed by atoms with Gasteiger partial charge in [0.25, 0.3) is 5.91 Å². The molecular formula is C18H19ClN4O2. The number of carbonyl (C=O) groups excluding carboxylic acids is 2. The summed E-state index contributed by atoms with van der Waals surface area (Å²) in [6, 6.07) is 10.1. The molecule has 1 aliphatic heterocycles. The number of nitrogens with one attached hydrogen (secondary N) is 1. The minimum Gasteiger partial charge on any atom is -0.399 e. The predicted molar refractivity (Wildman–Crippen MR) is 97.4 cm³/mol. The Bertz CT molecular complexity index is 762. The highest BCUT2D eigenvalue weighted by atomic mass is 35.5. The normalized spacial score (nSPS) is 17.2. The zero-order chi connectivity index (χ0) is 17.8. The van der Waals surface area contributed by atoms with Gasteiger partial charge in [0.15, 0.2) is 0 Å². The Morgan fingerprint density at radius 3 is 2.64 bits per heavy atom. The fourth-order valence-corrected chi connectivity index (χ4v) is 2.97. The van der Waals surface area contributed by atoms with E-state index in [1.54, 1.807) is 41.3 Å². The van der Waals surface area contributed by atoms with Crippen LogP contribution in [0.15, 0.2) is 42.6 Å². The van der Waals surface area contributed by atoms with Gasteiger partial charge in [-0.2, -0.15) is 0 Å². The average molecular weight is 359 g/mol. The molecule has 2 amide bonds. The second kappa shape index (κ2) is 7.53. The lowest BCUT2D eigenvalue weighted by atomic mass is 9.96. The van der Waals surface area contributed by atoms with Crippen molar-refractivity contribution < 1.29 is 9.59 Å². The molecule has 3 rings (SSSR count). The number of anilines is 2. The highest BCUT2D eigenvalue weighted by Crippen LogP contribution is 2.21. The van der Waals surface area contributed by atoms with Crippen molar-refractivity contribution in [1.82, 2.24) is 9.88 Å². The van der Waals surface area contributed by atoms with Crippen molar-refractivity contribution in [2.24, 2.45) is 5.92 Å². The predicted octanol–water partition coefficient (Wildman–Crippen LogP) is 2.81. The Hall–Kier alpha value is -2.60. The zero-order valence-corrected chi connectivity index (χ0v) is 14.4. The number of likely N-dealkylation sites (tertiary alicyclic amines) is 1. The van der Waals surface area contributed by atoms with Gasteiger partial charge >= 0.3 is 0 Å². The van der Waals surface area contributed by atoms with E-state index in [4.69, 9.17) is 17.3 Å². The average Bonchev–Trinajstić information content (AvgIpc) is 2.64. The summed E-state index contributed by atoms with van der Waals surface area (Å²) in [7, 11) is 0. The molecule has 2 aromatic rings. The fraction of sp³-hybridized carbons (Fsp3) is 0.278. The van der Waals surface area contributed by atoms with Crippen LogP contribution in [0.3, 0.4) is 0 Å². The van der Waals surface area contributed by atoms with E-state index in [-0.39, 0.29) is 17.7 Å². The van der Waals surface area contributed by atoms with Gasteiger partial charge in [0.2, 0.25) is 5.91 Å². The Balaban J connectivity index is 1.63. The summed E-state index contributed by atoms with van der Waals surface area (Å²) >= 11 is 5.79. The summed E-state index contributed by atoms with van der Waals surface area (Å²) in [5.41, 5.74) is 6.85. The van der Waals surface area contributed by atoms with Crippen molar-refractivity contribution >= 4 is 34.9 Å². The number of hydrogen-bond donors (Lipinski definition) is 2. The van der Waals surface area contributed by atoms with Crippen molar-refractivity contribution in [2.75, 3.05) is 24.1 Å². The summed E-state index contributed by atoms with van der Waals surface area (Å²) in [5, 5.41) is 3.29. The second-order valence-corrected chi connectivity index (χ2v) is 6.50. The number of carbonyl (C=O) groups is 2. The standard InChI is InChI=1S/C18H19ClN4O2/c19-14-5-8-16(21-10-14)22-17(24)13-2-1-9-23(11-13)18(25)12-3-6-15(20)7-4-12/h3-8,10,13H,1-2,9,11,20H2,(H,21,22,24). The first kappa shape index (κ1) is 17.2. The van der Waals surface area contributed by atoms with Crippen LogP contribution in [0.4, 0.5) is 11.5 Å². The Labute approximate surface area is 151 Å². The van der Waals surface area contributed by atoms with Crippen molar-refractivity contribution in [3.05, 3.63) is 53.2 Å². The van der Waals surface area contributed by atoms with E-state index in [0.29, 0.717) is 35.2 Å². The van der Waals surface area contributed by atoms with Crippen LogP contribution in [0.5, 0.6) is 0 Å². The molecule has 3 N–H and O–H groups in total. The molecule has 130 valence electrons. The smallest absolute Gasteiger partial charge is 0.253 e. The first-order valence-corrected chi connectivity index (χ1v) is 8.48. The highest BCUT2D eigenvalue weighted by molar-refractivity contribution is 6.30. The number of rotatable bonds is 3. The number of amides is 2. The lowest BCUT2D eigenvalue weighted by Crippen LogP contribution is -2.43. The van der Waals surface area contributed by atoms with Gasteiger partial charge in [-0.3, -0.25) is 9.59 Å². The molecule has 0 spiro atoms. The summed E-state index contributed by atoms with van der Waals surface area (Å²) < 4.78 is 0. The molecule has 0 radical (unpaired) electrons. The van der Waals surface area contributed by atoms with E-state index < -0.39 is 0 Å². The van der Waals surface area contributed by atoms with Crippen LogP contribution in [0.1, 0.15) is 23.2 Å². The molecule has 2 heterocycles. The maximum Gasteiger partial charge on any atom is 0.253 e. The van der Waals surface area contributed by atoms with Gasteiger partial charge in [-0.25, -0.2) is 4.98 Å². The van der Waals surface area contributed by atoms with Crippen LogP contribution in [-0.4, -0.2) is 34.8 Å². The van der Waals surface area contributed by atoms with Crippen LogP contribution in [0.2, 0.25) is 5.02 Å². The van der Waals surface area contributed by atoms with Gasteiger partial charge in [0.05, 0.1) is 10.9 Å². The molecule has 0 aliphatic carbocycles. The maximum absolute atomic E-state index is 12.6. The van der Waals surface area contributed by atoms with E-state index in [1.165, 1.54) is 6.20 Å². The monoisotopic (exact) mass is 358 g/mol. The van der Waals surface area contributed by atoms with E-state index >= 15 is 0 Å². The van der Waals surface area contributed by atoms with Crippen LogP contribution >= 0.6 is 11.6 Å². The number of nitrogens with zero attached hydrogens (tertiary/aromatic N) is 2. The van der Waals surface area contributed by atoms with Gasteiger partial charge in [-0.1, -0.05) is 11.6 Å². The summed E-state index contributed by atoms with van der Waals surface area (Å²) in [5.74, 6) is -0.0212. The summed E-state index contributed by atoms with van der Waals surface area (Å²) in [4.78, 5) is 30.8. The molecular weight excluding hydrogens is 340 g/mol. The Morgan fingerprint density at radius 1 is 1.20 bits per heavy atom. The number of pyridine rings is 1. The minimum atomic E-state index is -0.260. The molecule has 0 bridgehead atoms. The number of hydrogen-bond acceptors (Lipinski definition) is 4. The molecule has 1 saturated heterocycles. The van der Waals surface area contributed by atoms with Crippen molar-refractivity contribution in [3.63, 3.8) is 0 Å². The lowest BCUT2D eigenvalue weighted by molar-refractivity contribution is -0.121. The molecule has 25 heavy (non-hydrogen) atoms. The molecule has 1 aromatic carbocycles. The summed E-state index contributed by atoms with van der Waals surface area (Å²) in [6.07, 6.45) is 3.01. The number of piperidine rings is 1. The van der Waals surface area contributed by atoms with Crippen molar-refractivity contribution in [3.8, 4) is 0 Å². The number of nitrogen functional groups attached to an aromatic ring is 1. The molecule has 1 fully saturated rings. The van der Waals surface area contributed by atoms with Gasteiger partial charge < -0.3 is 16.0 Å². The minimum absolute atomic E-state index is 0.0814. The van der Waals surface area contributed by atoms with Gasteiger partial charge in [0.1, 0.15) is 5.82 Å². The third-order valence-corrected chi connectivity index (χ3v) is 4.44. The van der Waals surface area contributed by atoms with E-state index in [1.807, 2.05) is 0 Å². The first-order valence-electron chi connectivity index (χ1n) is 8.10. The van der Waals surface area contributed by atoms with Crippen LogP contribution in [-0.2, 0) is 4.79 Å². The van der Waals surface area contributed by atoms with Crippen molar-refractivity contribution in [1.29, 1.82) is 0 Å². The van der Waals surface area contributed by atoms with Crippen LogP contribution in [0, 0.1) is 5.92 Å². The third-order valence-electron chi connectivity index (χ3n) is 4.22. The highest BCUT2D eigenvalue weighted by Gasteiger charge is 2.29. The fourth-order valence-electron chi connectivity index (χ4n) is 2.86. The Kier molecular flexibility index (Phi) is 5.19. The zero-order valence-electron chi connectivity index (χ0n) is 13.6. The van der Waals surface area contributed by atoms with E-state index in [2.05, 4.69) is 10.3 Å².